The number of thiophene rings is 2. The van der Waals surface area contributed by atoms with Gasteiger partial charge in [0.2, 0.25) is 0 Å². The summed E-state index contributed by atoms with van der Waals surface area (Å²) in [5, 5.41) is 7.72. The molecule has 1 nitrogen and oxygen atoms in total. The van der Waals surface area contributed by atoms with Crippen LogP contribution < -0.4 is 5.32 Å². The van der Waals surface area contributed by atoms with Crippen molar-refractivity contribution in [2.75, 3.05) is 0 Å². The van der Waals surface area contributed by atoms with E-state index in [2.05, 4.69) is 51.1 Å². The van der Waals surface area contributed by atoms with Gasteiger partial charge >= 0.3 is 0 Å². The third-order valence-corrected chi connectivity index (χ3v) is 4.90. The monoisotopic (exact) mass is 301 g/mol. The molecule has 0 aromatic carbocycles. The van der Waals surface area contributed by atoms with Crippen LogP contribution in [0.2, 0.25) is 0 Å². The standard InChI is InChI=1S/C11H12BrNS2/c1-8-2-3-14-11(8)6-13-5-10-4-9(12)7-15-10/h2-4,7,13H,5-6H2,1H3. The molecule has 0 unspecified atom stereocenters. The van der Waals surface area contributed by atoms with E-state index in [1.54, 1.807) is 11.3 Å². The third kappa shape index (κ3) is 3.14. The van der Waals surface area contributed by atoms with E-state index in [1.165, 1.54) is 19.8 Å². The predicted octanol–water partition coefficient (Wildman–Crippen LogP) is 4.17. The first-order chi connectivity index (χ1) is 7.25. The van der Waals surface area contributed by atoms with Crippen LogP contribution in [0.4, 0.5) is 0 Å². The molecule has 0 atom stereocenters. The summed E-state index contributed by atoms with van der Waals surface area (Å²) in [6, 6.07) is 4.34. The molecule has 0 spiro atoms. The van der Waals surface area contributed by atoms with E-state index in [9.17, 15) is 0 Å². The van der Waals surface area contributed by atoms with Crippen molar-refractivity contribution in [3.63, 3.8) is 0 Å². The Labute approximate surface area is 106 Å². The number of rotatable bonds is 4. The number of halogens is 1. The van der Waals surface area contributed by atoms with Gasteiger partial charge in [0.25, 0.3) is 0 Å². The topological polar surface area (TPSA) is 12.0 Å². The van der Waals surface area contributed by atoms with E-state index in [4.69, 9.17) is 0 Å². The molecule has 2 aromatic heterocycles. The Balaban J connectivity index is 1.83. The molecule has 0 aliphatic heterocycles. The molecule has 15 heavy (non-hydrogen) atoms. The minimum Gasteiger partial charge on any atom is -0.307 e. The summed E-state index contributed by atoms with van der Waals surface area (Å²) in [4.78, 5) is 2.81. The van der Waals surface area contributed by atoms with Crippen LogP contribution in [0.25, 0.3) is 0 Å². The third-order valence-electron chi connectivity index (χ3n) is 2.17. The van der Waals surface area contributed by atoms with Gasteiger partial charge in [-0.25, -0.2) is 0 Å². The minimum atomic E-state index is 0.952. The quantitative estimate of drug-likeness (QED) is 0.894. The van der Waals surface area contributed by atoms with Crippen LogP contribution in [-0.2, 0) is 13.1 Å². The van der Waals surface area contributed by atoms with E-state index in [-0.39, 0.29) is 0 Å². The van der Waals surface area contributed by atoms with E-state index in [0.717, 1.165) is 13.1 Å². The predicted molar refractivity (Wildman–Crippen MR) is 71.6 cm³/mol. The number of hydrogen-bond acceptors (Lipinski definition) is 3. The van der Waals surface area contributed by atoms with Crippen molar-refractivity contribution in [1.29, 1.82) is 0 Å². The van der Waals surface area contributed by atoms with Crippen molar-refractivity contribution in [2.45, 2.75) is 20.0 Å². The van der Waals surface area contributed by atoms with Gasteiger partial charge in [-0.3, -0.25) is 0 Å². The van der Waals surface area contributed by atoms with Gasteiger partial charge in [-0.15, -0.1) is 22.7 Å². The van der Waals surface area contributed by atoms with E-state index in [1.807, 2.05) is 11.3 Å². The maximum absolute atomic E-state index is 3.46. The van der Waals surface area contributed by atoms with Crippen LogP contribution in [0, 0.1) is 6.92 Å². The van der Waals surface area contributed by atoms with Crippen LogP contribution >= 0.6 is 38.6 Å². The summed E-state index contributed by atoms with van der Waals surface area (Å²) in [7, 11) is 0. The second kappa shape index (κ2) is 5.25. The van der Waals surface area contributed by atoms with Crippen LogP contribution in [0.15, 0.2) is 27.4 Å². The Morgan fingerprint density at radius 2 is 2.20 bits per heavy atom. The van der Waals surface area contributed by atoms with Crippen LogP contribution in [0.5, 0.6) is 0 Å². The van der Waals surface area contributed by atoms with Crippen molar-refractivity contribution in [2.24, 2.45) is 0 Å². The summed E-state index contributed by atoms with van der Waals surface area (Å²) < 4.78 is 1.18. The van der Waals surface area contributed by atoms with E-state index < -0.39 is 0 Å². The molecule has 4 heteroatoms. The van der Waals surface area contributed by atoms with Gasteiger partial charge in [0, 0.05) is 32.7 Å². The first-order valence-corrected chi connectivity index (χ1v) is 7.27. The highest BCUT2D eigenvalue weighted by atomic mass is 79.9. The zero-order chi connectivity index (χ0) is 10.7. The maximum atomic E-state index is 3.46. The van der Waals surface area contributed by atoms with Gasteiger partial charge in [-0.05, 0) is 45.9 Å². The lowest BCUT2D eigenvalue weighted by Gasteiger charge is -2.01. The fourth-order valence-corrected chi connectivity index (χ4v) is 3.63. The molecule has 80 valence electrons. The van der Waals surface area contributed by atoms with Crippen LogP contribution in [0.3, 0.4) is 0 Å². The SMILES string of the molecule is Cc1ccsc1CNCc1cc(Br)cs1. The molecule has 0 amide bonds. The summed E-state index contributed by atoms with van der Waals surface area (Å²) >= 11 is 7.07. The van der Waals surface area contributed by atoms with Crippen molar-refractivity contribution < 1.29 is 0 Å². The molecule has 0 saturated carbocycles. The lowest BCUT2D eigenvalue weighted by atomic mass is 10.3. The summed E-state index contributed by atoms with van der Waals surface area (Å²) in [6.07, 6.45) is 0. The molecular formula is C11H12BrNS2. The van der Waals surface area contributed by atoms with E-state index in [0.29, 0.717) is 0 Å². The minimum absolute atomic E-state index is 0.952. The Hall–Kier alpha value is -0.160. The molecule has 0 aliphatic rings. The number of aryl methyl sites for hydroxylation is 1. The average molecular weight is 302 g/mol. The van der Waals surface area contributed by atoms with Crippen LogP contribution in [-0.4, -0.2) is 0 Å². The van der Waals surface area contributed by atoms with E-state index >= 15 is 0 Å². The lowest BCUT2D eigenvalue weighted by molar-refractivity contribution is 0.706. The molecule has 0 radical (unpaired) electrons. The molecule has 0 saturated heterocycles. The summed E-state index contributed by atoms with van der Waals surface area (Å²) in [5.74, 6) is 0. The molecule has 0 fully saturated rings. The fraction of sp³-hybridized carbons (Fsp3) is 0.273. The zero-order valence-corrected chi connectivity index (χ0v) is 11.6. The zero-order valence-electron chi connectivity index (χ0n) is 8.42. The largest absolute Gasteiger partial charge is 0.307 e. The smallest absolute Gasteiger partial charge is 0.0305 e. The highest BCUT2D eigenvalue weighted by Gasteiger charge is 2.00. The summed E-state index contributed by atoms with van der Waals surface area (Å²) in [6.45, 7) is 4.09. The average Bonchev–Trinajstić information content (AvgIpc) is 2.77. The van der Waals surface area contributed by atoms with Gasteiger partial charge in [0.1, 0.15) is 0 Å². The second-order valence-electron chi connectivity index (χ2n) is 3.36. The first kappa shape index (κ1) is 11.3. The Morgan fingerprint density at radius 3 is 2.80 bits per heavy atom. The highest BCUT2D eigenvalue weighted by molar-refractivity contribution is 9.10. The molecule has 2 heterocycles. The van der Waals surface area contributed by atoms with Crippen molar-refractivity contribution >= 4 is 38.6 Å². The molecule has 2 rings (SSSR count). The Bertz CT molecular complexity index is 433. The van der Waals surface area contributed by atoms with Gasteiger partial charge in [0.15, 0.2) is 0 Å². The second-order valence-corrected chi connectivity index (χ2v) is 6.27. The molecule has 0 aliphatic carbocycles. The van der Waals surface area contributed by atoms with Crippen molar-refractivity contribution in [3.05, 3.63) is 42.7 Å². The van der Waals surface area contributed by atoms with Crippen LogP contribution in [0.1, 0.15) is 15.3 Å². The Morgan fingerprint density at radius 1 is 1.33 bits per heavy atom. The van der Waals surface area contributed by atoms with Gasteiger partial charge < -0.3 is 5.32 Å². The molecule has 2 aromatic rings. The van der Waals surface area contributed by atoms with Crippen molar-refractivity contribution in [1.82, 2.24) is 5.32 Å². The first-order valence-electron chi connectivity index (χ1n) is 4.72. The normalized spacial score (nSPS) is 10.8. The number of hydrogen-bond donors (Lipinski definition) is 1. The molecule has 0 bridgehead atoms. The highest BCUT2D eigenvalue weighted by Crippen LogP contribution is 2.20. The number of nitrogens with one attached hydrogen (secondary N) is 1. The Kier molecular flexibility index (Phi) is 3.97. The fourth-order valence-electron chi connectivity index (χ4n) is 1.33. The maximum Gasteiger partial charge on any atom is 0.0305 e. The van der Waals surface area contributed by atoms with Gasteiger partial charge in [0.05, 0.1) is 0 Å². The van der Waals surface area contributed by atoms with Crippen molar-refractivity contribution in [3.8, 4) is 0 Å². The summed E-state index contributed by atoms with van der Waals surface area (Å²) in [5.41, 5.74) is 1.39. The lowest BCUT2D eigenvalue weighted by Crippen LogP contribution is -2.11. The molecule has 1 N–H and O–H groups in total. The molecular weight excluding hydrogens is 290 g/mol. The van der Waals surface area contributed by atoms with Gasteiger partial charge in [-0.1, -0.05) is 0 Å². The van der Waals surface area contributed by atoms with Gasteiger partial charge in [-0.2, -0.15) is 0 Å².